The summed E-state index contributed by atoms with van der Waals surface area (Å²) in [4.78, 5) is 26.2. The lowest BCUT2D eigenvalue weighted by molar-refractivity contribution is -0.143. The molecule has 3 aromatic rings. The second-order valence-electron chi connectivity index (χ2n) is 6.96. The first-order chi connectivity index (χ1) is 14.5. The van der Waals surface area contributed by atoms with Crippen LogP contribution in [0.5, 0.6) is 0 Å². The predicted molar refractivity (Wildman–Crippen MR) is 115 cm³/mol. The van der Waals surface area contributed by atoms with Gasteiger partial charge < -0.3 is 9.64 Å². The summed E-state index contributed by atoms with van der Waals surface area (Å²) < 4.78 is 6.79. The topological polar surface area (TPSA) is 77.3 Å². The van der Waals surface area contributed by atoms with Crippen molar-refractivity contribution in [2.24, 2.45) is 0 Å². The average molecular weight is 404 g/mol. The Labute approximate surface area is 175 Å². The van der Waals surface area contributed by atoms with Gasteiger partial charge in [-0.2, -0.15) is 0 Å². The Hall–Kier alpha value is -3.74. The Morgan fingerprint density at radius 1 is 1.07 bits per heavy atom. The van der Waals surface area contributed by atoms with E-state index in [4.69, 9.17) is 4.74 Å². The van der Waals surface area contributed by atoms with Crippen LogP contribution in [0.2, 0.25) is 0 Å². The van der Waals surface area contributed by atoms with Gasteiger partial charge in [0.2, 0.25) is 0 Å². The van der Waals surface area contributed by atoms with Crippen molar-refractivity contribution in [1.29, 1.82) is 0 Å². The van der Waals surface area contributed by atoms with Crippen LogP contribution < -0.4 is 4.90 Å². The summed E-state index contributed by atoms with van der Waals surface area (Å²) in [6, 6.07) is 19.1. The molecule has 0 bridgehead atoms. The number of para-hydroxylation sites is 1. The molecular formula is C23H24N4O3. The SMILES string of the molecule is CC(C)N(C(=O)COC(=O)/C=C/c1cn(Cc2ccccc2)nn1)c1ccccc1. The zero-order valence-electron chi connectivity index (χ0n) is 17.0. The largest absolute Gasteiger partial charge is 0.452 e. The second kappa shape index (κ2) is 10.2. The van der Waals surface area contributed by atoms with Gasteiger partial charge in [0.05, 0.1) is 12.7 Å². The van der Waals surface area contributed by atoms with Crippen molar-refractivity contribution in [2.45, 2.75) is 26.4 Å². The van der Waals surface area contributed by atoms with E-state index in [2.05, 4.69) is 10.3 Å². The number of anilines is 1. The molecule has 3 rings (SSSR count). The van der Waals surface area contributed by atoms with Crippen LogP contribution in [0.4, 0.5) is 5.69 Å². The summed E-state index contributed by atoms with van der Waals surface area (Å²) in [7, 11) is 0. The van der Waals surface area contributed by atoms with Gasteiger partial charge in [0.15, 0.2) is 6.61 Å². The third-order valence-corrected chi connectivity index (χ3v) is 4.29. The van der Waals surface area contributed by atoms with Crippen molar-refractivity contribution in [3.8, 4) is 0 Å². The number of rotatable bonds is 8. The van der Waals surface area contributed by atoms with Gasteiger partial charge in [-0.1, -0.05) is 53.7 Å². The summed E-state index contributed by atoms with van der Waals surface area (Å²) in [6.07, 6.45) is 4.49. The molecule has 1 heterocycles. The van der Waals surface area contributed by atoms with E-state index in [0.29, 0.717) is 12.2 Å². The van der Waals surface area contributed by atoms with Crippen molar-refractivity contribution in [2.75, 3.05) is 11.5 Å². The van der Waals surface area contributed by atoms with Gasteiger partial charge in [0.25, 0.3) is 5.91 Å². The van der Waals surface area contributed by atoms with E-state index >= 15 is 0 Å². The van der Waals surface area contributed by atoms with Crippen LogP contribution >= 0.6 is 0 Å². The highest BCUT2D eigenvalue weighted by molar-refractivity contribution is 5.96. The van der Waals surface area contributed by atoms with Crippen LogP contribution in [0.3, 0.4) is 0 Å². The number of carbonyl (C=O) groups excluding carboxylic acids is 2. The molecule has 0 aliphatic heterocycles. The minimum Gasteiger partial charge on any atom is -0.452 e. The van der Waals surface area contributed by atoms with Gasteiger partial charge >= 0.3 is 5.97 Å². The summed E-state index contributed by atoms with van der Waals surface area (Å²) in [5.74, 6) is -0.899. The number of carbonyl (C=O) groups is 2. The van der Waals surface area contributed by atoms with Gasteiger partial charge in [-0.15, -0.1) is 5.10 Å². The van der Waals surface area contributed by atoms with Crippen molar-refractivity contribution in [1.82, 2.24) is 15.0 Å². The smallest absolute Gasteiger partial charge is 0.331 e. The maximum atomic E-state index is 12.5. The molecule has 0 spiro atoms. The van der Waals surface area contributed by atoms with Crippen LogP contribution in [-0.4, -0.2) is 39.5 Å². The summed E-state index contributed by atoms with van der Waals surface area (Å²) in [5.41, 5.74) is 2.39. The molecule has 154 valence electrons. The van der Waals surface area contributed by atoms with Crippen LogP contribution in [0.25, 0.3) is 6.08 Å². The van der Waals surface area contributed by atoms with E-state index < -0.39 is 5.97 Å². The van der Waals surface area contributed by atoms with E-state index in [1.165, 1.54) is 12.2 Å². The summed E-state index contributed by atoms with van der Waals surface area (Å²) >= 11 is 0. The zero-order chi connectivity index (χ0) is 21.3. The van der Waals surface area contributed by atoms with E-state index in [-0.39, 0.29) is 18.6 Å². The molecule has 7 heteroatoms. The molecule has 0 N–H and O–H groups in total. The molecule has 1 aromatic heterocycles. The Kier molecular flexibility index (Phi) is 7.10. The fourth-order valence-electron chi connectivity index (χ4n) is 2.96. The molecule has 0 aliphatic carbocycles. The number of esters is 1. The van der Waals surface area contributed by atoms with Crippen LogP contribution in [0.15, 0.2) is 72.9 Å². The molecule has 30 heavy (non-hydrogen) atoms. The number of nitrogens with zero attached hydrogens (tertiary/aromatic N) is 4. The first-order valence-electron chi connectivity index (χ1n) is 9.69. The zero-order valence-corrected chi connectivity index (χ0v) is 17.0. The Morgan fingerprint density at radius 3 is 2.40 bits per heavy atom. The lowest BCUT2D eigenvalue weighted by Gasteiger charge is -2.26. The highest BCUT2D eigenvalue weighted by atomic mass is 16.5. The third-order valence-electron chi connectivity index (χ3n) is 4.29. The second-order valence-corrected chi connectivity index (χ2v) is 6.96. The van der Waals surface area contributed by atoms with Gasteiger partial charge in [0.1, 0.15) is 5.69 Å². The molecule has 0 atom stereocenters. The van der Waals surface area contributed by atoms with Crippen molar-refractivity contribution in [3.05, 3.63) is 84.2 Å². The fourth-order valence-corrected chi connectivity index (χ4v) is 2.96. The minimum atomic E-state index is -0.613. The standard InChI is InChI=1S/C23H24N4O3/c1-18(2)27(21-11-7-4-8-12-21)22(28)17-30-23(29)14-13-20-16-26(25-24-20)15-19-9-5-3-6-10-19/h3-14,16,18H,15,17H2,1-2H3/b14-13+. The van der Waals surface area contributed by atoms with E-state index in [1.54, 1.807) is 15.8 Å². The maximum absolute atomic E-state index is 12.5. The van der Waals surface area contributed by atoms with E-state index in [0.717, 1.165) is 11.3 Å². The molecule has 7 nitrogen and oxygen atoms in total. The summed E-state index contributed by atoms with van der Waals surface area (Å²) in [5, 5.41) is 8.06. The summed E-state index contributed by atoms with van der Waals surface area (Å²) in [6.45, 7) is 4.07. The number of benzene rings is 2. The first kappa shape index (κ1) is 21.0. The molecular weight excluding hydrogens is 380 g/mol. The lowest BCUT2D eigenvalue weighted by Crippen LogP contribution is -2.39. The molecule has 1 amide bonds. The molecule has 2 aromatic carbocycles. The van der Waals surface area contributed by atoms with Gasteiger partial charge in [0, 0.05) is 17.8 Å². The van der Waals surface area contributed by atoms with Gasteiger partial charge in [-0.25, -0.2) is 9.48 Å². The molecule has 0 aliphatic rings. The lowest BCUT2D eigenvalue weighted by atomic mass is 10.2. The highest BCUT2D eigenvalue weighted by Gasteiger charge is 2.19. The van der Waals surface area contributed by atoms with E-state index in [9.17, 15) is 9.59 Å². The average Bonchev–Trinajstić information content (AvgIpc) is 3.19. The molecule has 0 fully saturated rings. The van der Waals surface area contributed by atoms with Crippen LogP contribution in [-0.2, 0) is 20.9 Å². The molecule has 0 radical (unpaired) electrons. The number of aromatic nitrogens is 3. The normalized spacial score (nSPS) is 11.0. The van der Waals surface area contributed by atoms with Crippen molar-refractivity contribution < 1.29 is 14.3 Å². The van der Waals surface area contributed by atoms with Gasteiger partial charge in [-0.05, 0) is 37.6 Å². The Balaban J connectivity index is 1.53. The monoisotopic (exact) mass is 404 g/mol. The number of hydrogen-bond donors (Lipinski definition) is 0. The quantitative estimate of drug-likeness (QED) is 0.425. The Morgan fingerprint density at radius 2 is 1.73 bits per heavy atom. The first-order valence-corrected chi connectivity index (χ1v) is 9.69. The number of ether oxygens (including phenoxy) is 1. The molecule has 0 saturated heterocycles. The van der Waals surface area contributed by atoms with Crippen LogP contribution in [0, 0.1) is 0 Å². The Bertz CT molecular complexity index is 998. The number of hydrogen-bond acceptors (Lipinski definition) is 5. The van der Waals surface area contributed by atoms with Gasteiger partial charge in [-0.3, -0.25) is 4.79 Å². The van der Waals surface area contributed by atoms with Crippen molar-refractivity contribution in [3.63, 3.8) is 0 Å². The third kappa shape index (κ3) is 5.88. The van der Waals surface area contributed by atoms with E-state index in [1.807, 2.05) is 74.5 Å². The number of amides is 1. The maximum Gasteiger partial charge on any atom is 0.331 e. The van der Waals surface area contributed by atoms with Crippen molar-refractivity contribution >= 4 is 23.6 Å². The molecule has 0 unspecified atom stereocenters. The minimum absolute atomic E-state index is 0.0613. The highest BCUT2D eigenvalue weighted by Crippen LogP contribution is 2.16. The van der Waals surface area contributed by atoms with Crippen LogP contribution in [0.1, 0.15) is 25.1 Å². The molecule has 0 saturated carbocycles. The fraction of sp³-hybridized carbons (Fsp3) is 0.217. The predicted octanol–water partition coefficient (Wildman–Crippen LogP) is 3.32.